The summed E-state index contributed by atoms with van der Waals surface area (Å²) < 4.78 is 27.3. The fourth-order valence-corrected chi connectivity index (χ4v) is 21.9. The Morgan fingerprint density at radius 2 is 0.532 bits per heavy atom. The molecule has 0 fully saturated rings. The number of rotatable bonds is 7. The number of aryl methyl sites for hydroxylation is 16. The predicted molar refractivity (Wildman–Crippen MR) is 587 cm³/mol. The van der Waals surface area contributed by atoms with Crippen molar-refractivity contribution in [1.82, 2.24) is 27.3 Å². The Morgan fingerprint density at radius 3 is 0.957 bits per heavy atom. The molecule has 26 aromatic rings. The SMILES string of the molecule is Cc1cc[n+](C)c(-n2c3ccccc3c3cccc(C)c32)c1.Cc1ccc(-n2c3ccccc3c3cccc(C)c32)[n+](C)c1.Cc1cccc(C)c1-c1ccc2c(c1)c1cccc(C)c1n1c2cc[n+]1C.Cc1cccc2c3cc(-c4ccccc4)ccc3c3cc[n+](C)n3c12.Cc1cccc2c3ccccc3n(-c3cc(C(C)C)cc[n+]3C)c12.Cc1cccc2c3ccccc3n(-c3cccc[n+]3C)c12. The van der Waals surface area contributed by atoms with Crippen LogP contribution >= 0.6 is 0 Å². The molecule has 12 aromatic heterocycles. The van der Waals surface area contributed by atoms with Crippen LogP contribution in [0.4, 0.5) is 0 Å². The van der Waals surface area contributed by atoms with Gasteiger partial charge in [-0.05, 0) is 279 Å². The monoisotopic (exact) mass is 1840 g/mol. The fraction of sp³-hybridized carbons (Fsp3) is 0.147. The second-order valence-corrected chi connectivity index (χ2v) is 38.7. The first kappa shape index (κ1) is 90.8. The first-order valence-corrected chi connectivity index (χ1v) is 49.1. The van der Waals surface area contributed by atoms with E-state index in [4.69, 9.17) is 0 Å². The Morgan fingerprint density at radius 1 is 0.199 bits per heavy atom. The highest BCUT2D eigenvalue weighted by molar-refractivity contribution is 6.17. The van der Waals surface area contributed by atoms with Crippen molar-refractivity contribution in [2.75, 3.05) is 0 Å². The zero-order chi connectivity index (χ0) is 97.4. The molecule has 0 saturated carbocycles. The third-order valence-electron chi connectivity index (χ3n) is 28.8. The minimum Gasteiger partial charge on any atom is -0.237 e. The highest BCUT2D eigenvalue weighted by Gasteiger charge is 2.29. The number of hydrogen-bond donors (Lipinski definition) is 0. The summed E-state index contributed by atoms with van der Waals surface area (Å²) in [6.45, 7) is 26.3. The van der Waals surface area contributed by atoms with Crippen molar-refractivity contribution in [1.29, 1.82) is 0 Å². The van der Waals surface area contributed by atoms with Crippen LogP contribution in [0.5, 0.6) is 0 Å². The van der Waals surface area contributed by atoms with E-state index in [1.54, 1.807) is 0 Å². The molecule has 0 spiro atoms. The Hall–Kier alpha value is -16.7. The van der Waals surface area contributed by atoms with Crippen LogP contribution in [0.15, 0.2) is 395 Å². The molecular weight excluding hydrogens is 1720 g/mol. The molecule has 141 heavy (non-hydrogen) atoms. The van der Waals surface area contributed by atoms with E-state index in [1.807, 2.05) is 0 Å². The lowest BCUT2D eigenvalue weighted by atomic mass is 9.93. The van der Waals surface area contributed by atoms with Crippen LogP contribution in [0, 0.1) is 69.2 Å². The van der Waals surface area contributed by atoms with Gasteiger partial charge in [0, 0.05) is 101 Å². The summed E-state index contributed by atoms with van der Waals surface area (Å²) in [6, 6.07) is 129. The highest BCUT2D eigenvalue weighted by atomic mass is 15.3. The van der Waals surface area contributed by atoms with Crippen LogP contribution in [0.2, 0.25) is 0 Å². The molecule has 690 valence electrons. The van der Waals surface area contributed by atoms with Crippen LogP contribution in [0.25, 0.3) is 187 Å². The van der Waals surface area contributed by atoms with Crippen LogP contribution in [-0.2, 0) is 42.3 Å². The van der Waals surface area contributed by atoms with E-state index < -0.39 is 0 Å². The van der Waals surface area contributed by atoms with Crippen molar-refractivity contribution in [2.45, 2.75) is 89.0 Å². The zero-order valence-corrected chi connectivity index (χ0v) is 84.0. The average molecular weight is 1840 g/mol. The van der Waals surface area contributed by atoms with Gasteiger partial charge in [0.15, 0.2) is 26.5 Å². The molecular formula is C129H120N12+6. The van der Waals surface area contributed by atoms with E-state index >= 15 is 0 Å². The van der Waals surface area contributed by atoms with E-state index in [9.17, 15) is 0 Å². The molecule has 0 amide bonds. The normalized spacial score (nSPS) is 11.5. The summed E-state index contributed by atoms with van der Waals surface area (Å²) in [5.74, 6) is 5.28. The molecule has 0 N–H and O–H groups in total. The second kappa shape index (κ2) is 37.3. The molecule has 0 radical (unpaired) electrons. The van der Waals surface area contributed by atoms with Crippen molar-refractivity contribution < 1.29 is 27.6 Å². The quantitative estimate of drug-likeness (QED) is 0.113. The third kappa shape index (κ3) is 16.1. The summed E-state index contributed by atoms with van der Waals surface area (Å²) in [4.78, 5) is 0. The lowest BCUT2D eigenvalue weighted by Gasteiger charge is -2.13. The van der Waals surface area contributed by atoms with Gasteiger partial charge in [0.05, 0.1) is 53.0 Å². The number of para-hydroxylation sites is 10. The molecule has 0 aliphatic heterocycles. The molecule has 12 nitrogen and oxygen atoms in total. The second-order valence-electron chi connectivity index (χ2n) is 38.7. The van der Waals surface area contributed by atoms with Crippen molar-refractivity contribution in [3.63, 3.8) is 0 Å². The number of benzene rings is 14. The topological polar surface area (TPSA) is 51.8 Å². The Bertz CT molecular complexity index is 9410. The molecule has 0 aliphatic carbocycles. The van der Waals surface area contributed by atoms with Crippen LogP contribution in [-0.4, -0.2) is 27.3 Å². The number of fused-ring (bicyclic) bond motifs is 24. The van der Waals surface area contributed by atoms with Crippen LogP contribution < -0.4 is 27.6 Å². The van der Waals surface area contributed by atoms with Gasteiger partial charge in [0.2, 0.25) is 0 Å². The summed E-state index contributed by atoms with van der Waals surface area (Å²) in [5, 5.41) is 18.3. The van der Waals surface area contributed by atoms with Gasteiger partial charge in [-0.3, -0.25) is 0 Å². The maximum absolute atomic E-state index is 2.41. The number of hydrogen-bond acceptors (Lipinski definition) is 0. The number of nitrogens with zero attached hydrogens (tertiary/aromatic N) is 12. The molecule has 14 aromatic carbocycles. The lowest BCUT2D eigenvalue weighted by Crippen LogP contribution is -2.34. The van der Waals surface area contributed by atoms with Gasteiger partial charge >= 0.3 is 0 Å². The molecule has 0 bridgehead atoms. The van der Waals surface area contributed by atoms with Crippen molar-refractivity contribution >= 4 is 142 Å². The average Bonchev–Trinajstić information content (AvgIpc) is 1.70. The van der Waals surface area contributed by atoms with Gasteiger partial charge in [-0.1, -0.05) is 226 Å². The molecule has 0 aliphatic rings. The van der Waals surface area contributed by atoms with Crippen LogP contribution in [0.3, 0.4) is 0 Å². The minimum atomic E-state index is 0.513. The Labute approximate surface area is 824 Å². The lowest BCUT2D eigenvalue weighted by molar-refractivity contribution is -0.735. The van der Waals surface area contributed by atoms with Gasteiger partial charge in [0.25, 0.3) is 23.3 Å². The zero-order valence-electron chi connectivity index (χ0n) is 84.0. The highest BCUT2D eigenvalue weighted by Crippen LogP contribution is 2.42. The summed E-state index contributed by atoms with van der Waals surface area (Å²) in [7, 11) is 12.6. The van der Waals surface area contributed by atoms with Gasteiger partial charge in [0.1, 0.15) is 66.2 Å². The smallest absolute Gasteiger partial charge is 0.237 e. The van der Waals surface area contributed by atoms with Crippen molar-refractivity contribution in [3.8, 4) is 45.5 Å². The number of aromatic nitrogens is 12. The molecule has 12 heteroatoms. The standard InChI is InChI=1S/C25H23N2.C23H19N2.C22H23N2.2C20H19N2.C19H17N2/c1-16-7-5-8-17(2)24(16)19-11-12-20-22(15-19)21-10-6-9-18(3)25(21)27-23(20)13-14-26(27)4;1-16-7-6-10-20-21-15-18(17-8-4-3-5-9-17)11-12-19(21)22-13-14-24(2)25(22)23(16)20;1-15(2)17-12-13-23(4)21(14-17)24-20-11-6-5-9-18(20)19-10-7-8-16(3)22(19)24;1-14-11-12-21(3)19(13-14)22-18-10-5-4-8-16(18)17-9-6-7-15(2)20(17)22;1-14-11-12-19(21(3)13-14)22-18-10-5-4-8-16(18)17-9-6-7-15(2)20(17)22;1-14-8-7-10-16-15-9-3-4-11-17(15)21(19(14)16)18-12-5-6-13-20(18)2/h5-15H,1-4H3;3-15H,1-2H3;5-15H,1-4H3;2*4-13H,1-3H3;3-13H,1-2H3/q6*+1. The summed E-state index contributed by atoms with van der Waals surface area (Å²) in [6.07, 6.45) is 12.8. The largest absolute Gasteiger partial charge is 0.286 e. The minimum absolute atomic E-state index is 0.513. The van der Waals surface area contributed by atoms with Gasteiger partial charge in [-0.25, -0.2) is 18.3 Å². The maximum atomic E-state index is 2.41. The first-order chi connectivity index (χ1) is 68.5. The van der Waals surface area contributed by atoms with E-state index in [1.165, 1.54) is 248 Å². The molecule has 12 heterocycles. The molecule has 0 atom stereocenters. The first-order valence-electron chi connectivity index (χ1n) is 49.1. The van der Waals surface area contributed by atoms with E-state index in [0.29, 0.717) is 5.92 Å². The van der Waals surface area contributed by atoms with Gasteiger partial charge in [-0.15, -0.1) is 18.4 Å². The van der Waals surface area contributed by atoms with Gasteiger partial charge < -0.3 is 0 Å². The van der Waals surface area contributed by atoms with Crippen LogP contribution in [0.1, 0.15) is 81.0 Å². The fourth-order valence-electron chi connectivity index (χ4n) is 21.9. The molecule has 26 rings (SSSR count). The Balaban J connectivity index is 0.000000100. The summed E-state index contributed by atoms with van der Waals surface area (Å²) in [5.41, 5.74) is 34.8. The maximum Gasteiger partial charge on any atom is 0.286 e. The van der Waals surface area contributed by atoms with E-state index in [-0.39, 0.29) is 0 Å². The van der Waals surface area contributed by atoms with E-state index in [2.05, 4.69) is 575 Å². The molecule has 0 unspecified atom stereocenters. The Kier molecular flexibility index (Phi) is 24.0. The van der Waals surface area contributed by atoms with Crippen molar-refractivity contribution in [2.24, 2.45) is 42.3 Å². The molecule has 0 saturated heterocycles. The van der Waals surface area contributed by atoms with E-state index in [0.717, 1.165) is 0 Å². The van der Waals surface area contributed by atoms with Gasteiger partial charge in [-0.2, -0.15) is 18.3 Å². The predicted octanol–water partition coefficient (Wildman–Crippen LogP) is 28.1. The summed E-state index contributed by atoms with van der Waals surface area (Å²) >= 11 is 0. The number of pyridine rings is 6. The van der Waals surface area contributed by atoms with Crippen molar-refractivity contribution in [3.05, 3.63) is 456 Å². The third-order valence-corrected chi connectivity index (χ3v) is 28.8.